The molecule has 4 rings (SSSR count). The molecule has 0 spiro atoms. The molecule has 2 aromatic rings. The number of benzene rings is 2. The second-order valence-corrected chi connectivity index (χ2v) is 6.95. The lowest BCUT2D eigenvalue weighted by atomic mass is 9.84. The van der Waals surface area contributed by atoms with Gasteiger partial charge in [-0.3, -0.25) is 0 Å². The first kappa shape index (κ1) is 18.1. The molecular formula is C21H24O6. The number of methoxy groups -OCH3 is 1. The Morgan fingerprint density at radius 3 is 2.41 bits per heavy atom. The zero-order valence-corrected chi connectivity index (χ0v) is 15.2. The Morgan fingerprint density at radius 1 is 0.963 bits per heavy atom. The second-order valence-electron chi connectivity index (χ2n) is 6.95. The normalized spacial score (nSPS) is 26.3. The fourth-order valence-electron chi connectivity index (χ4n) is 3.99. The molecule has 0 bridgehead atoms. The first-order chi connectivity index (χ1) is 13.2. The molecular weight excluding hydrogens is 348 g/mol. The molecule has 2 aromatic carbocycles. The van der Waals surface area contributed by atoms with E-state index in [2.05, 4.69) is 0 Å². The van der Waals surface area contributed by atoms with E-state index in [1.54, 1.807) is 7.11 Å². The molecule has 0 saturated carbocycles. The number of aliphatic hydroxyl groups is 2. The molecule has 4 atom stereocenters. The number of fused-ring (bicyclic) bond motifs is 1. The van der Waals surface area contributed by atoms with Gasteiger partial charge in [0.1, 0.15) is 5.75 Å². The Hall–Kier alpha value is -2.28. The SMILES string of the molecule is COc1ccc([C@H]2O[C@@H](Cc3ccc4c(c3)OCO4)[C@@H](CO)[C@H]2CO)cc1. The molecule has 0 radical (unpaired) electrons. The largest absolute Gasteiger partial charge is 0.497 e. The van der Waals surface area contributed by atoms with Gasteiger partial charge in [-0.15, -0.1) is 0 Å². The van der Waals surface area contributed by atoms with Crippen LogP contribution in [0.5, 0.6) is 17.2 Å². The summed E-state index contributed by atoms with van der Waals surface area (Å²) >= 11 is 0. The molecule has 6 nitrogen and oxygen atoms in total. The van der Waals surface area contributed by atoms with Crippen LogP contribution in [0.15, 0.2) is 42.5 Å². The van der Waals surface area contributed by atoms with Gasteiger partial charge in [-0.2, -0.15) is 0 Å². The quantitative estimate of drug-likeness (QED) is 0.810. The maximum atomic E-state index is 9.96. The van der Waals surface area contributed by atoms with Crippen LogP contribution in [0.25, 0.3) is 0 Å². The van der Waals surface area contributed by atoms with Gasteiger partial charge in [0, 0.05) is 25.0 Å². The number of hydrogen-bond acceptors (Lipinski definition) is 6. The third-order valence-electron chi connectivity index (χ3n) is 5.48. The summed E-state index contributed by atoms with van der Waals surface area (Å²) in [5, 5.41) is 19.9. The summed E-state index contributed by atoms with van der Waals surface area (Å²) < 4.78 is 22.3. The maximum Gasteiger partial charge on any atom is 0.231 e. The van der Waals surface area contributed by atoms with Crippen LogP contribution in [0.1, 0.15) is 17.2 Å². The summed E-state index contributed by atoms with van der Waals surface area (Å²) in [6.45, 7) is 0.163. The molecule has 2 aliphatic rings. The fourth-order valence-corrected chi connectivity index (χ4v) is 3.99. The minimum atomic E-state index is -0.267. The highest BCUT2D eigenvalue weighted by molar-refractivity contribution is 5.44. The molecule has 0 amide bonds. The van der Waals surface area contributed by atoms with E-state index >= 15 is 0 Å². The van der Waals surface area contributed by atoms with E-state index < -0.39 is 0 Å². The summed E-state index contributed by atoms with van der Waals surface area (Å²) in [4.78, 5) is 0. The molecule has 1 fully saturated rings. The van der Waals surface area contributed by atoms with Gasteiger partial charge in [0.15, 0.2) is 11.5 Å². The predicted molar refractivity (Wildman–Crippen MR) is 98.0 cm³/mol. The predicted octanol–water partition coefficient (Wildman–Crippen LogP) is 2.32. The van der Waals surface area contributed by atoms with E-state index in [0.29, 0.717) is 6.42 Å². The number of hydrogen-bond donors (Lipinski definition) is 2. The number of aliphatic hydroxyl groups excluding tert-OH is 2. The third-order valence-corrected chi connectivity index (χ3v) is 5.48. The molecule has 2 N–H and O–H groups in total. The van der Waals surface area contributed by atoms with Crippen molar-refractivity contribution >= 4 is 0 Å². The second kappa shape index (κ2) is 7.76. The van der Waals surface area contributed by atoms with Crippen LogP contribution < -0.4 is 14.2 Å². The van der Waals surface area contributed by atoms with Crippen molar-refractivity contribution in [2.75, 3.05) is 27.1 Å². The Kier molecular flexibility index (Phi) is 5.20. The zero-order chi connectivity index (χ0) is 18.8. The third kappa shape index (κ3) is 3.48. The minimum absolute atomic E-state index is 0.0346. The maximum absolute atomic E-state index is 9.96. The van der Waals surface area contributed by atoms with Gasteiger partial charge in [0.2, 0.25) is 6.79 Å². The average molecular weight is 372 g/mol. The smallest absolute Gasteiger partial charge is 0.231 e. The van der Waals surface area contributed by atoms with Crippen LogP contribution in [0.4, 0.5) is 0 Å². The first-order valence-electron chi connectivity index (χ1n) is 9.13. The molecule has 6 heteroatoms. The Morgan fingerprint density at radius 2 is 1.70 bits per heavy atom. The van der Waals surface area contributed by atoms with E-state index in [1.165, 1.54) is 0 Å². The van der Waals surface area contributed by atoms with Gasteiger partial charge < -0.3 is 29.2 Å². The van der Waals surface area contributed by atoms with Gasteiger partial charge in [0.05, 0.1) is 19.3 Å². The molecule has 0 unspecified atom stereocenters. The molecule has 27 heavy (non-hydrogen) atoms. The summed E-state index contributed by atoms with van der Waals surface area (Å²) in [6.07, 6.45) is 0.169. The van der Waals surface area contributed by atoms with E-state index in [9.17, 15) is 10.2 Å². The molecule has 144 valence electrons. The van der Waals surface area contributed by atoms with Gasteiger partial charge >= 0.3 is 0 Å². The molecule has 0 aliphatic carbocycles. The Balaban J connectivity index is 1.55. The summed E-state index contributed by atoms with van der Waals surface area (Å²) in [6, 6.07) is 13.5. The minimum Gasteiger partial charge on any atom is -0.497 e. The molecule has 0 aromatic heterocycles. The summed E-state index contributed by atoms with van der Waals surface area (Å²) in [5.74, 6) is 1.94. The molecule has 2 aliphatic heterocycles. The standard InChI is InChI=1S/C21H24O6/c1-24-15-5-3-14(4-6-15)21-17(11-23)16(10-22)19(27-21)8-13-2-7-18-20(9-13)26-12-25-18/h2-7,9,16-17,19,21-23H,8,10-12H2,1H3/t16-,17+,19-,21+/m0/s1. The van der Waals surface area contributed by atoms with Crippen molar-refractivity contribution in [3.05, 3.63) is 53.6 Å². The Bertz CT molecular complexity index is 775. The number of rotatable bonds is 6. The van der Waals surface area contributed by atoms with Crippen molar-refractivity contribution in [2.45, 2.75) is 18.6 Å². The highest BCUT2D eigenvalue weighted by atomic mass is 16.7. The van der Waals surface area contributed by atoms with Crippen molar-refractivity contribution < 1.29 is 29.2 Å². The van der Waals surface area contributed by atoms with Crippen LogP contribution in [0.3, 0.4) is 0 Å². The van der Waals surface area contributed by atoms with Crippen molar-refractivity contribution in [3.8, 4) is 17.2 Å². The lowest BCUT2D eigenvalue weighted by molar-refractivity contribution is 0.0200. The van der Waals surface area contributed by atoms with E-state index in [4.69, 9.17) is 18.9 Å². The monoisotopic (exact) mass is 372 g/mol. The van der Waals surface area contributed by atoms with Crippen molar-refractivity contribution in [2.24, 2.45) is 11.8 Å². The lowest BCUT2D eigenvalue weighted by Crippen LogP contribution is -2.28. The molecule has 2 heterocycles. The van der Waals surface area contributed by atoms with Crippen molar-refractivity contribution in [1.29, 1.82) is 0 Å². The topological polar surface area (TPSA) is 77.4 Å². The van der Waals surface area contributed by atoms with Gasteiger partial charge in [0.25, 0.3) is 0 Å². The van der Waals surface area contributed by atoms with E-state index in [-0.39, 0.29) is 44.1 Å². The van der Waals surface area contributed by atoms with Crippen molar-refractivity contribution in [3.63, 3.8) is 0 Å². The number of ether oxygens (including phenoxy) is 4. The average Bonchev–Trinajstić information content (AvgIpc) is 3.31. The van der Waals surface area contributed by atoms with Gasteiger partial charge in [-0.25, -0.2) is 0 Å². The zero-order valence-electron chi connectivity index (χ0n) is 15.2. The van der Waals surface area contributed by atoms with E-state index in [0.717, 1.165) is 28.4 Å². The van der Waals surface area contributed by atoms with Crippen LogP contribution in [0.2, 0.25) is 0 Å². The lowest BCUT2D eigenvalue weighted by Gasteiger charge is -2.20. The van der Waals surface area contributed by atoms with Crippen LogP contribution in [-0.2, 0) is 11.2 Å². The van der Waals surface area contributed by atoms with Crippen molar-refractivity contribution in [1.82, 2.24) is 0 Å². The first-order valence-corrected chi connectivity index (χ1v) is 9.13. The highest BCUT2D eigenvalue weighted by Crippen LogP contribution is 2.44. The van der Waals surface area contributed by atoms with Gasteiger partial charge in [-0.05, 0) is 41.8 Å². The fraction of sp³-hybridized carbons (Fsp3) is 0.429. The summed E-state index contributed by atoms with van der Waals surface area (Å²) in [7, 11) is 1.63. The Labute approximate surface area is 158 Å². The van der Waals surface area contributed by atoms with Crippen LogP contribution in [0, 0.1) is 11.8 Å². The van der Waals surface area contributed by atoms with Crippen LogP contribution in [-0.4, -0.2) is 43.4 Å². The highest BCUT2D eigenvalue weighted by Gasteiger charge is 2.44. The van der Waals surface area contributed by atoms with E-state index in [1.807, 2.05) is 42.5 Å². The van der Waals surface area contributed by atoms with Crippen LogP contribution >= 0.6 is 0 Å². The van der Waals surface area contributed by atoms with Gasteiger partial charge in [-0.1, -0.05) is 18.2 Å². The molecule has 1 saturated heterocycles. The summed E-state index contributed by atoms with van der Waals surface area (Å²) in [5.41, 5.74) is 2.02.